The van der Waals surface area contributed by atoms with Gasteiger partial charge in [0.05, 0.1) is 5.02 Å². The van der Waals surface area contributed by atoms with Gasteiger partial charge in [-0.1, -0.05) is 29.8 Å². The lowest BCUT2D eigenvalue weighted by molar-refractivity contribution is 0.348. The van der Waals surface area contributed by atoms with E-state index in [9.17, 15) is 0 Å². The molecule has 0 aromatic heterocycles. The van der Waals surface area contributed by atoms with Crippen LogP contribution in [-0.4, -0.2) is 13.7 Å². The molecule has 4 heteroatoms. The van der Waals surface area contributed by atoms with E-state index in [1.807, 2.05) is 20.0 Å². The SMILES string of the molecule is C=C(C)COc1c(Cl)cc(Cl)cc1CNC. The number of benzene rings is 1. The smallest absolute Gasteiger partial charge is 0.142 e. The molecule has 2 nitrogen and oxygen atoms in total. The van der Waals surface area contributed by atoms with Crippen molar-refractivity contribution in [2.45, 2.75) is 13.5 Å². The van der Waals surface area contributed by atoms with Crippen molar-refractivity contribution in [3.8, 4) is 5.75 Å². The maximum atomic E-state index is 6.09. The van der Waals surface area contributed by atoms with Gasteiger partial charge in [0, 0.05) is 17.1 Å². The lowest BCUT2D eigenvalue weighted by atomic mass is 10.2. The van der Waals surface area contributed by atoms with Crippen molar-refractivity contribution in [1.29, 1.82) is 0 Å². The van der Waals surface area contributed by atoms with Gasteiger partial charge in [0.15, 0.2) is 0 Å². The van der Waals surface area contributed by atoms with E-state index in [1.165, 1.54) is 0 Å². The number of halogens is 2. The molecule has 88 valence electrons. The molecule has 1 N–H and O–H groups in total. The fourth-order valence-corrected chi connectivity index (χ4v) is 1.88. The monoisotopic (exact) mass is 259 g/mol. The zero-order valence-electron chi connectivity index (χ0n) is 9.44. The summed E-state index contributed by atoms with van der Waals surface area (Å²) in [4.78, 5) is 0. The standard InChI is InChI=1S/C12H15Cl2NO/c1-8(2)7-16-12-9(6-15-3)4-10(13)5-11(12)14/h4-5,15H,1,6-7H2,2-3H3. The molecule has 0 radical (unpaired) electrons. The highest BCUT2D eigenvalue weighted by Gasteiger charge is 2.10. The Morgan fingerprint density at radius 2 is 2.12 bits per heavy atom. The van der Waals surface area contributed by atoms with Crippen molar-refractivity contribution < 1.29 is 4.74 Å². The summed E-state index contributed by atoms with van der Waals surface area (Å²) in [5.41, 5.74) is 1.89. The molecule has 0 bridgehead atoms. The van der Waals surface area contributed by atoms with Gasteiger partial charge >= 0.3 is 0 Å². The Balaban J connectivity index is 2.98. The second kappa shape index (κ2) is 6.14. The summed E-state index contributed by atoms with van der Waals surface area (Å²) in [5, 5.41) is 4.18. The number of rotatable bonds is 5. The van der Waals surface area contributed by atoms with Crippen LogP contribution < -0.4 is 10.1 Å². The Labute approximate surface area is 106 Å². The minimum Gasteiger partial charge on any atom is -0.487 e. The summed E-state index contributed by atoms with van der Waals surface area (Å²) in [6.45, 7) is 6.80. The maximum absolute atomic E-state index is 6.09. The zero-order chi connectivity index (χ0) is 12.1. The van der Waals surface area contributed by atoms with E-state index in [0.29, 0.717) is 28.9 Å². The van der Waals surface area contributed by atoms with Gasteiger partial charge in [-0.05, 0) is 31.7 Å². The average molecular weight is 260 g/mol. The molecule has 1 aromatic rings. The van der Waals surface area contributed by atoms with Crippen LogP contribution in [0.4, 0.5) is 0 Å². The van der Waals surface area contributed by atoms with Crippen LogP contribution in [-0.2, 0) is 6.54 Å². The molecule has 0 heterocycles. The summed E-state index contributed by atoms with van der Waals surface area (Å²) in [6.07, 6.45) is 0. The maximum Gasteiger partial charge on any atom is 0.142 e. The Morgan fingerprint density at radius 1 is 1.44 bits per heavy atom. The molecule has 1 aromatic carbocycles. The van der Waals surface area contributed by atoms with E-state index in [0.717, 1.165) is 11.1 Å². The molecule has 0 fully saturated rings. The lowest BCUT2D eigenvalue weighted by Gasteiger charge is -2.13. The van der Waals surface area contributed by atoms with Crippen molar-refractivity contribution >= 4 is 23.2 Å². The van der Waals surface area contributed by atoms with Gasteiger partial charge in [-0.25, -0.2) is 0 Å². The summed E-state index contributed by atoms with van der Waals surface area (Å²) in [7, 11) is 1.86. The molecule has 0 spiro atoms. The first-order valence-electron chi connectivity index (χ1n) is 4.94. The second-order valence-corrected chi connectivity index (χ2v) is 4.50. The molecule has 0 amide bonds. The van der Waals surface area contributed by atoms with E-state index in [2.05, 4.69) is 11.9 Å². The highest BCUT2D eigenvalue weighted by molar-refractivity contribution is 6.35. The second-order valence-electron chi connectivity index (χ2n) is 3.65. The third-order valence-corrected chi connectivity index (χ3v) is 2.41. The van der Waals surface area contributed by atoms with Crippen LogP contribution in [0, 0.1) is 0 Å². The number of ether oxygens (including phenoxy) is 1. The van der Waals surface area contributed by atoms with Crippen LogP contribution in [0.25, 0.3) is 0 Å². The van der Waals surface area contributed by atoms with Crippen LogP contribution in [0.1, 0.15) is 12.5 Å². The summed E-state index contributed by atoms with van der Waals surface area (Å²) in [6, 6.07) is 3.52. The fourth-order valence-electron chi connectivity index (χ4n) is 1.29. The molecule has 0 aliphatic rings. The van der Waals surface area contributed by atoms with Gasteiger partial charge in [0.1, 0.15) is 12.4 Å². The van der Waals surface area contributed by atoms with Gasteiger partial charge in [-0.2, -0.15) is 0 Å². The summed E-state index contributed by atoms with van der Waals surface area (Å²) >= 11 is 12.0. The zero-order valence-corrected chi connectivity index (χ0v) is 11.0. The third kappa shape index (κ3) is 3.71. The third-order valence-electron chi connectivity index (χ3n) is 1.92. The van der Waals surface area contributed by atoms with Crippen LogP contribution in [0.3, 0.4) is 0 Å². The molecular weight excluding hydrogens is 245 g/mol. The summed E-state index contributed by atoms with van der Waals surface area (Å²) in [5.74, 6) is 0.670. The number of hydrogen-bond donors (Lipinski definition) is 1. The predicted molar refractivity (Wildman–Crippen MR) is 69.5 cm³/mol. The largest absolute Gasteiger partial charge is 0.487 e. The molecule has 16 heavy (non-hydrogen) atoms. The Morgan fingerprint density at radius 3 is 2.69 bits per heavy atom. The van der Waals surface area contributed by atoms with E-state index in [4.69, 9.17) is 27.9 Å². The van der Waals surface area contributed by atoms with Crippen LogP contribution in [0.15, 0.2) is 24.3 Å². The van der Waals surface area contributed by atoms with Crippen molar-refractivity contribution in [2.75, 3.05) is 13.7 Å². The fraction of sp³-hybridized carbons (Fsp3) is 0.333. The van der Waals surface area contributed by atoms with Crippen LogP contribution in [0.5, 0.6) is 5.75 Å². The van der Waals surface area contributed by atoms with Crippen molar-refractivity contribution in [2.24, 2.45) is 0 Å². The number of nitrogens with one attached hydrogen (secondary N) is 1. The summed E-state index contributed by atoms with van der Waals surface area (Å²) < 4.78 is 5.61. The molecule has 0 aliphatic carbocycles. The quantitative estimate of drug-likeness (QED) is 0.815. The van der Waals surface area contributed by atoms with Crippen LogP contribution >= 0.6 is 23.2 Å². The molecule has 0 atom stereocenters. The first-order chi connectivity index (χ1) is 7.54. The predicted octanol–water partition coefficient (Wildman–Crippen LogP) is 3.67. The van der Waals surface area contributed by atoms with Gasteiger partial charge < -0.3 is 10.1 Å². The van der Waals surface area contributed by atoms with Crippen LogP contribution in [0.2, 0.25) is 10.0 Å². The van der Waals surface area contributed by atoms with E-state index in [-0.39, 0.29) is 0 Å². The molecule has 0 unspecified atom stereocenters. The Kier molecular flexibility index (Phi) is 5.13. The van der Waals surface area contributed by atoms with Crippen molar-refractivity contribution in [1.82, 2.24) is 5.32 Å². The van der Waals surface area contributed by atoms with Gasteiger partial charge in [0.2, 0.25) is 0 Å². The Hall–Kier alpha value is -0.700. The first-order valence-corrected chi connectivity index (χ1v) is 5.70. The van der Waals surface area contributed by atoms with E-state index < -0.39 is 0 Å². The normalized spacial score (nSPS) is 10.2. The van der Waals surface area contributed by atoms with Gasteiger partial charge in [0.25, 0.3) is 0 Å². The highest BCUT2D eigenvalue weighted by Crippen LogP contribution is 2.32. The lowest BCUT2D eigenvalue weighted by Crippen LogP contribution is -2.08. The van der Waals surface area contributed by atoms with Crippen molar-refractivity contribution in [3.63, 3.8) is 0 Å². The average Bonchev–Trinajstić information content (AvgIpc) is 2.16. The molecule has 0 aliphatic heterocycles. The van der Waals surface area contributed by atoms with Crippen molar-refractivity contribution in [3.05, 3.63) is 39.9 Å². The molecule has 0 saturated heterocycles. The molecule has 0 saturated carbocycles. The first kappa shape index (κ1) is 13.4. The van der Waals surface area contributed by atoms with Gasteiger partial charge in [-0.3, -0.25) is 0 Å². The highest BCUT2D eigenvalue weighted by atomic mass is 35.5. The molecular formula is C12H15Cl2NO. The minimum absolute atomic E-state index is 0.456. The van der Waals surface area contributed by atoms with Gasteiger partial charge in [-0.15, -0.1) is 0 Å². The van der Waals surface area contributed by atoms with E-state index in [1.54, 1.807) is 6.07 Å². The topological polar surface area (TPSA) is 21.3 Å². The molecule has 1 rings (SSSR count). The Bertz CT molecular complexity index is 391. The minimum atomic E-state index is 0.456. The number of hydrogen-bond acceptors (Lipinski definition) is 2. The van der Waals surface area contributed by atoms with E-state index >= 15 is 0 Å².